The average Bonchev–Trinajstić information content (AvgIpc) is 3.14. The van der Waals surface area contributed by atoms with Crippen LogP contribution in [-0.4, -0.2) is 25.8 Å². The van der Waals surface area contributed by atoms with Gasteiger partial charge in [0.15, 0.2) is 5.16 Å². The van der Waals surface area contributed by atoms with Crippen molar-refractivity contribution in [1.82, 2.24) is 14.1 Å². The van der Waals surface area contributed by atoms with Crippen LogP contribution in [-0.2, 0) is 18.4 Å². The molecule has 0 aliphatic rings. The quantitative estimate of drug-likeness (QED) is 0.275. The molecule has 0 spiro atoms. The second-order valence-corrected chi connectivity index (χ2v) is 9.54. The standard InChI is InChI=1S/C26H27FN4O2S/c1-17(2)12-13-31-25(33)24-23(21(15-30(24)3)18-8-5-4-6-9-18)29-26(31)34-16-22(32)28-20-11-7-10-19(27)14-20/h4-11,14-15,17H,12-13,16H2,1-3H3,(H,28,32). The number of hydrogen-bond acceptors (Lipinski definition) is 4. The molecule has 0 saturated carbocycles. The van der Waals surface area contributed by atoms with Crippen molar-refractivity contribution in [3.8, 4) is 11.1 Å². The predicted molar refractivity (Wildman–Crippen MR) is 136 cm³/mol. The Morgan fingerprint density at radius 3 is 2.62 bits per heavy atom. The lowest BCUT2D eigenvalue weighted by molar-refractivity contribution is -0.113. The number of benzene rings is 2. The fourth-order valence-corrected chi connectivity index (χ4v) is 4.59. The lowest BCUT2D eigenvalue weighted by Crippen LogP contribution is -2.26. The molecular formula is C26H27FN4O2S. The zero-order chi connectivity index (χ0) is 24.2. The summed E-state index contributed by atoms with van der Waals surface area (Å²) in [6.45, 7) is 4.72. The summed E-state index contributed by atoms with van der Waals surface area (Å²) in [7, 11) is 1.85. The van der Waals surface area contributed by atoms with Gasteiger partial charge < -0.3 is 9.88 Å². The highest BCUT2D eigenvalue weighted by Gasteiger charge is 2.19. The molecule has 4 rings (SSSR count). The molecule has 0 unspecified atom stereocenters. The highest BCUT2D eigenvalue weighted by atomic mass is 32.2. The number of nitrogens with zero attached hydrogens (tertiary/aromatic N) is 3. The molecule has 4 aromatic rings. The summed E-state index contributed by atoms with van der Waals surface area (Å²) in [5, 5.41) is 3.19. The first-order valence-electron chi connectivity index (χ1n) is 11.2. The molecule has 0 aliphatic heterocycles. The van der Waals surface area contributed by atoms with Crippen LogP contribution in [0.1, 0.15) is 20.3 Å². The molecule has 34 heavy (non-hydrogen) atoms. The van der Waals surface area contributed by atoms with E-state index in [9.17, 15) is 14.0 Å². The molecule has 8 heteroatoms. The number of amides is 1. The SMILES string of the molecule is CC(C)CCn1c(SCC(=O)Nc2cccc(F)c2)nc2c(-c3ccccc3)cn(C)c2c1=O. The van der Waals surface area contributed by atoms with Crippen LogP contribution < -0.4 is 10.9 Å². The van der Waals surface area contributed by atoms with Crippen molar-refractivity contribution >= 4 is 34.4 Å². The van der Waals surface area contributed by atoms with Gasteiger partial charge in [-0.15, -0.1) is 0 Å². The summed E-state index contributed by atoms with van der Waals surface area (Å²) < 4.78 is 16.9. The Balaban J connectivity index is 1.70. The lowest BCUT2D eigenvalue weighted by Gasteiger charge is -2.14. The van der Waals surface area contributed by atoms with Crippen molar-refractivity contribution in [1.29, 1.82) is 0 Å². The van der Waals surface area contributed by atoms with E-state index < -0.39 is 5.82 Å². The smallest absolute Gasteiger partial charge is 0.278 e. The Morgan fingerprint density at radius 2 is 1.91 bits per heavy atom. The van der Waals surface area contributed by atoms with Crippen molar-refractivity contribution in [2.45, 2.75) is 32.0 Å². The van der Waals surface area contributed by atoms with Gasteiger partial charge in [0.2, 0.25) is 5.91 Å². The highest BCUT2D eigenvalue weighted by Crippen LogP contribution is 2.29. The third-order valence-corrected chi connectivity index (χ3v) is 6.47. The van der Waals surface area contributed by atoms with Crippen LogP contribution in [0.2, 0.25) is 0 Å². The molecule has 0 aliphatic carbocycles. The first-order valence-corrected chi connectivity index (χ1v) is 12.2. The molecule has 1 N–H and O–H groups in total. The van der Waals surface area contributed by atoms with Gasteiger partial charge in [-0.1, -0.05) is 62.0 Å². The number of nitrogens with one attached hydrogen (secondary N) is 1. The fraction of sp³-hybridized carbons (Fsp3) is 0.269. The summed E-state index contributed by atoms with van der Waals surface area (Å²) >= 11 is 1.21. The highest BCUT2D eigenvalue weighted by molar-refractivity contribution is 7.99. The fourth-order valence-electron chi connectivity index (χ4n) is 3.77. The number of thioether (sulfide) groups is 1. The molecule has 0 radical (unpaired) electrons. The largest absolute Gasteiger partial charge is 0.344 e. The molecule has 176 valence electrons. The van der Waals surface area contributed by atoms with Gasteiger partial charge in [0.1, 0.15) is 16.9 Å². The van der Waals surface area contributed by atoms with Crippen LogP contribution in [0.25, 0.3) is 22.2 Å². The number of rotatable bonds is 8. The number of fused-ring (bicyclic) bond motifs is 1. The van der Waals surface area contributed by atoms with Gasteiger partial charge >= 0.3 is 0 Å². The zero-order valence-corrected chi connectivity index (χ0v) is 20.2. The van der Waals surface area contributed by atoms with Crippen molar-refractivity contribution in [3.05, 3.63) is 77.0 Å². The van der Waals surface area contributed by atoms with E-state index in [-0.39, 0.29) is 17.2 Å². The third kappa shape index (κ3) is 5.22. The van der Waals surface area contributed by atoms with Gasteiger partial charge in [0.05, 0.1) is 5.75 Å². The van der Waals surface area contributed by atoms with Gasteiger partial charge in [-0.3, -0.25) is 14.2 Å². The van der Waals surface area contributed by atoms with Gasteiger partial charge in [0, 0.05) is 31.0 Å². The van der Waals surface area contributed by atoms with Gasteiger partial charge in [-0.05, 0) is 36.1 Å². The molecule has 2 aromatic carbocycles. The summed E-state index contributed by atoms with van der Waals surface area (Å²) in [5.74, 6) is -0.261. The lowest BCUT2D eigenvalue weighted by atomic mass is 10.1. The average molecular weight is 479 g/mol. The molecular weight excluding hydrogens is 451 g/mol. The molecule has 2 aromatic heterocycles. The predicted octanol–water partition coefficient (Wildman–Crippen LogP) is 5.32. The van der Waals surface area contributed by atoms with E-state index in [1.807, 2.05) is 48.1 Å². The van der Waals surface area contributed by atoms with Crippen molar-refractivity contribution in [3.63, 3.8) is 0 Å². The number of anilines is 1. The minimum atomic E-state index is -0.419. The van der Waals surface area contributed by atoms with Crippen LogP contribution in [0.5, 0.6) is 0 Å². The molecule has 0 bridgehead atoms. The van der Waals surface area contributed by atoms with Crippen LogP contribution >= 0.6 is 11.8 Å². The Kier molecular flexibility index (Phi) is 7.17. The Labute approximate surface area is 201 Å². The van der Waals surface area contributed by atoms with Gasteiger partial charge in [0.25, 0.3) is 5.56 Å². The first kappa shape index (κ1) is 23.8. The van der Waals surface area contributed by atoms with E-state index in [0.29, 0.717) is 34.3 Å². The number of carbonyl (C=O) groups is 1. The molecule has 0 saturated heterocycles. The van der Waals surface area contributed by atoms with Crippen LogP contribution in [0.4, 0.5) is 10.1 Å². The molecule has 0 fully saturated rings. The van der Waals surface area contributed by atoms with E-state index in [2.05, 4.69) is 19.2 Å². The summed E-state index contributed by atoms with van der Waals surface area (Å²) in [4.78, 5) is 31.0. The molecule has 2 heterocycles. The minimum Gasteiger partial charge on any atom is -0.344 e. The van der Waals surface area contributed by atoms with Gasteiger partial charge in [-0.25, -0.2) is 9.37 Å². The maximum atomic E-state index is 13.5. The van der Waals surface area contributed by atoms with E-state index >= 15 is 0 Å². The second kappa shape index (κ2) is 10.3. The maximum Gasteiger partial charge on any atom is 0.278 e. The maximum absolute atomic E-state index is 13.5. The first-order chi connectivity index (χ1) is 16.3. The normalized spacial score (nSPS) is 11.3. The zero-order valence-electron chi connectivity index (χ0n) is 19.4. The Bertz CT molecular complexity index is 1380. The molecule has 6 nitrogen and oxygen atoms in total. The number of aromatic nitrogens is 3. The summed E-state index contributed by atoms with van der Waals surface area (Å²) in [6.07, 6.45) is 2.73. The van der Waals surface area contributed by atoms with Crippen LogP contribution in [0.15, 0.2) is 70.7 Å². The van der Waals surface area contributed by atoms with Gasteiger partial charge in [-0.2, -0.15) is 0 Å². The number of halogens is 1. The Hall–Kier alpha value is -3.39. The van der Waals surface area contributed by atoms with E-state index in [4.69, 9.17) is 4.98 Å². The topological polar surface area (TPSA) is 68.9 Å². The summed E-state index contributed by atoms with van der Waals surface area (Å²) in [5.41, 5.74) is 3.27. The van der Waals surface area contributed by atoms with Crippen molar-refractivity contribution in [2.24, 2.45) is 13.0 Å². The van der Waals surface area contributed by atoms with Crippen LogP contribution in [0, 0.1) is 11.7 Å². The van der Waals surface area contributed by atoms with Crippen molar-refractivity contribution in [2.75, 3.05) is 11.1 Å². The summed E-state index contributed by atoms with van der Waals surface area (Å²) in [6, 6.07) is 15.6. The minimum absolute atomic E-state index is 0.0453. The van der Waals surface area contributed by atoms with E-state index in [0.717, 1.165) is 17.5 Å². The molecule has 1 amide bonds. The van der Waals surface area contributed by atoms with Crippen molar-refractivity contribution < 1.29 is 9.18 Å². The third-order valence-electron chi connectivity index (χ3n) is 5.50. The van der Waals surface area contributed by atoms with E-state index in [1.54, 1.807) is 10.6 Å². The van der Waals surface area contributed by atoms with Crippen LogP contribution in [0.3, 0.4) is 0 Å². The number of hydrogen-bond donors (Lipinski definition) is 1. The Morgan fingerprint density at radius 1 is 1.15 bits per heavy atom. The number of aryl methyl sites for hydroxylation is 1. The second-order valence-electron chi connectivity index (χ2n) is 8.60. The monoisotopic (exact) mass is 478 g/mol. The molecule has 0 atom stereocenters. The van der Waals surface area contributed by atoms with E-state index in [1.165, 1.54) is 30.0 Å². The number of carbonyl (C=O) groups excluding carboxylic acids is 1.